The second kappa shape index (κ2) is 4.65. The van der Waals surface area contributed by atoms with Gasteiger partial charge in [-0.25, -0.2) is 0 Å². The maximum Gasteiger partial charge on any atom is 0.247 e. The summed E-state index contributed by atoms with van der Waals surface area (Å²) in [4.78, 5) is 3.93. The first-order valence-electron chi connectivity index (χ1n) is 4.77. The molecule has 0 aromatic carbocycles. The molecule has 0 aliphatic rings. The van der Waals surface area contributed by atoms with Gasteiger partial charge in [0, 0.05) is 30.9 Å². The summed E-state index contributed by atoms with van der Waals surface area (Å²) in [6.45, 7) is 0.831. The van der Waals surface area contributed by atoms with Crippen LogP contribution in [0.2, 0.25) is 0 Å². The van der Waals surface area contributed by atoms with Gasteiger partial charge in [0.15, 0.2) is 0 Å². The van der Waals surface area contributed by atoms with Gasteiger partial charge < -0.3 is 9.73 Å². The molecule has 0 spiro atoms. The molecule has 0 unspecified atom stereocenters. The second-order valence-electron chi connectivity index (χ2n) is 3.09. The number of nitrogens with zero attached hydrogens (tertiary/aromatic N) is 3. The van der Waals surface area contributed by atoms with E-state index in [0.29, 0.717) is 11.8 Å². The number of rotatable bonds is 4. The van der Waals surface area contributed by atoms with E-state index in [1.807, 2.05) is 19.2 Å². The van der Waals surface area contributed by atoms with Crippen LogP contribution in [0.1, 0.15) is 5.89 Å². The van der Waals surface area contributed by atoms with Crippen LogP contribution in [0.15, 0.2) is 28.9 Å². The van der Waals surface area contributed by atoms with E-state index in [2.05, 4.69) is 20.5 Å². The molecule has 0 amide bonds. The number of pyridine rings is 1. The predicted octanol–water partition coefficient (Wildman–Crippen LogP) is 0.893. The number of nitrogens with one attached hydrogen (secondary N) is 1. The van der Waals surface area contributed by atoms with Crippen molar-refractivity contribution in [2.24, 2.45) is 0 Å². The van der Waals surface area contributed by atoms with Crippen molar-refractivity contribution in [1.82, 2.24) is 20.5 Å². The lowest BCUT2D eigenvalue weighted by Gasteiger charge is -1.93. The zero-order valence-corrected chi connectivity index (χ0v) is 8.47. The van der Waals surface area contributed by atoms with Crippen molar-refractivity contribution in [1.29, 1.82) is 0 Å². The molecule has 0 aliphatic heterocycles. The zero-order chi connectivity index (χ0) is 10.5. The number of hydrogen-bond donors (Lipinski definition) is 1. The van der Waals surface area contributed by atoms with Gasteiger partial charge in [-0.3, -0.25) is 4.98 Å². The molecular formula is C10H12N4O. The molecule has 15 heavy (non-hydrogen) atoms. The topological polar surface area (TPSA) is 63.8 Å². The Bertz CT molecular complexity index is 412. The monoisotopic (exact) mass is 204 g/mol. The fourth-order valence-electron chi connectivity index (χ4n) is 1.20. The third-order valence-electron chi connectivity index (χ3n) is 1.98. The summed E-state index contributed by atoms with van der Waals surface area (Å²) in [5, 5.41) is 10.9. The molecule has 0 bridgehead atoms. The van der Waals surface area contributed by atoms with Crippen LogP contribution in [-0.4, -0.2) is 28.8 Å². The molecule has 2 aromatic heterocycles. The van der Waals surface area contributed by atoms with E-state index in [1.165, 1.54) is 0 Å². The molecule has 0 aliphatic carbocycles. The standard InChI is InChI=1S/C10H12N4O/c1-11-5-4-9-13-14-10(15-9)8-2-6-12-7-3-8/h2-3,6-7,11H,4-5H2,1H3. The smallest absolute Gasteiger partial charge is 0.247 e. The summed E-state index contributed by atoms with van der Waals surface area (Å²) in [7, 11) is 1.89. The fourth-order valence-corrected chi connectivity index (χ4v) is 1.20. The summed E-state index contributed by atoms with van der Waals surface area (Å²) in [5.74, 6) is 1.19. The minimum atomic E-state index is 0.545. The van der Waals surface area contributed by atoms with Gasteiger partial charge in [-0.15, -0.1) is 10.2 Å². The van der Waals surface area contributed by atoms with Gasteiger partial charge in [0.2, 0.25) is 11.8 Å². The Morgan fingerprint density at radius 1 is 1.27 bits per heavy atom. The summed E-state index contributed by atoms with van der Waals surface area (Å²) in [6, 6.07) is 3.69. The van der Waals surface area contributed by atoms with Crippen LogP contribution < -0.4 is 5.32 Å². The van der Waals surface area contributed by atoms with Gasteiger partial charge in [0.25, 0.3) is 0 Å². The SMILES string of the molecule is CNCCc1nnc(-c2ccncc2)o1. The normalized spacial score (nSPS) is 10.5. The van der Waals surface area contributed by atoms with Crippen LogP contribution in [-0.2, 0) is 6.42 Å². The lowest BCUT2D eigenvalue weighted by molar-refractivity contribution is 0.500. The molecule has 2 aromatic rings. The van der Waals surface area contributed by atoms with E-state index >= 15 is 0 Å². The average Bonchev–Trinajstić information content (AvgIpc) is 2.76. The average molecular weight is 204 g/mol. The molecule has 0 atom stereocenters. The Morgan fingerprint density at radius 2 is 2.07 bits per heavy atom. The highest BCUT2D eigenvalue weighted by molar-refractivity contribution is 5.50. The van der Waals surface area contributed by atoms with Crippen LogP contribution in [0, 0.1) is 0 Å². The van der Waals surface area contributed by atoms with Crippen LogP contribution >= 0.6 is 0 Å². The van der Waals surface area contributed by atoms with Gasteiger partial charge >= 0.3 is 0 Å². The van der Waals surface area contributed by atoms with Crippen LogP contribution in [0.25, 0.3) is 11.5 Å². The fraction of sp³-hybridized carbons (Fsp3) is 0.300. The maximum absolute atomic E-state index is 5.48. The van der Waals surface area contributed by atoms with E-state index in [0.717, 1.165) is 18.5 Å². The minimum Gasteiger partial charge on any atom is -0.421 e. The van der Waals surface area contributed by atoms with Gasteiger partial charge in [-0.2, -0.15) is 0 Å². The summed E-state index contributed by atoms with van der Waals surface area (Å²) < 4.78 is 5.48. The van der Waals surface area contributed by atoms with E-state index in [-0.39, 0.29) is 0 Å². The Morgan fingerprint density at radius 3 is 2.80 bits per heavy atom. The Balaban J connectivity index is 2.14. The van der Waals surface area contributed by atoms with Gasteiger partial charge in [-0.1, -0.05) is 0 Å². The Hall–Kier alpha value is -1.75. The lowest BCUT2D eigenvalue weighted by atomic mass is 10.3. The quantitative estimate of drug-likeness (QED) is 0.801. The summed E-state index contributed by atoms with van der Waals surface area (Å²) in [5.41, 5.74) is 0.896. The van der Waals surface area contributed by atoms with Crippen molar-refractivity contribution in [3.8, 4) is 11.5 Å². The molecule has 78 valence electrons. The zero-order valence-electron chi connectivity index (χ0n) is 8.47. The van der Waals surface area contributed by atoms with Gasteiger partial charge in [0.05, 0.1) is 0 Å². The molecule has 1 N–H and O–H groups in total. The number of aromatic nitrogens is 3. The molecular weight excluding hydrogens is 192 g/mol. The number of hydrogen-bond acceptors (Lipinski definition) is 5. The van der Waals surface area contributed by atoms with Crippen LogP contribution in [0.3, 0.4) is 0 Å². The number of likely N-dealkylation sites (N-methyl/N-ethyl adjacent to an activating group) is 1. The molecule has 0 saturated carbocycles. The van der Waals surface area contributed by atoms with Crippen molar-refractivity contribution in [2.45, 2.75) is 6.42 Å². The predicted molar refractivity (Wildman–Crippen MR) is 55.2 cm³/mol. The highest BCUT2D eigenvalue weighted by Crippen LogP contribution is 2.15. The van der Waals surface area contributed by atoms with Gasteiger partial charge in [0.1, 0.15) is 0 Å². The highest BCUT2D eigenvalue weighted by atomic mass is 16.4. The molecule has 0 fully saturated rings. The third-order valence-corrected chi connectivity index (χ3v) is 1.98. The van der Waals surface area contributed by atoms with E-state index in [4.69, 9.17) is 4.42 Å². The lowest BCUT2D eigenvalue weighted by Crippen LogP contribution is -2.10. The van der Waals surface area contributed by atoms with Crippen LogP contribution in [0.4, 0.5) is 0 Å². The highest BCUT2D eigenvalue weighted by Gasteiger charge is 2.06. The largest absolute Gasteiger partial charge is 0.421 e. The van der Waals surface area contributed by atoms with Crippen molar-refractivity contribution in [3.63, 3.8) is 0 Å². The minimum absolute atomic E-state index is 0.545. The first kappa shape index (κ1) is 9.79. The molecule has 0 radical (unpaired) electrons. The van der Waals surface area contributed by atoms with E-state index in [1.54, 1.807) is 12.4 Å². The Labute approximate surface area is 87.6 Å². The molecule has 5 nitrogen and oxygen atoms in total. The van der Waals surface area contributed by atoms with E-state index < -0.39 is 0 Å². The van der Waals surface area contributed by atoms with E-state index in [9.17, 15) is 0 Å². The maximum atomic E-state index is 5.48. The molecule has 5 heteroatoms. The molecule has 0 saturated heterocycles. The van der Waals surface area contributed by atoms with Crippen LogP contribution in [0.5, 0.6) is 0 Å². The Kier molecular flexibility index (Phi) is 3.04. The van der Waals surface area contributed by atoms with Crippen molar-refractivity contribution < 1.29 is 4.42 Å². The third kappa shape index (κ3) is 2.38. The summed E-state index contributed by atoms with van der Waals surface area (Å²) in [6.07, 6.45) is 4.15. The molecule has 2 rings (SSSR count). The van der Waals surface area contributed by atoms with Crippen molar-refractivity contribution >= 4 is 0 Å². The summed E-state index contributed by atoms with van der Waals surface area (Å²) >= 11 is 0. The first-order chi connectivity index (χ1) is 7.40. The molecule has 2 heterocycles. The first-order valence-corrected chi connectivity index (χ1v) is 4.77. The van der Waals surface area contributed by atoms with Gasteiger partial charge in [-0.05, 0) is 19.2 Å². The second-order valence-corrected chi connectivity index (χ2v) is 3.09. The van der Waals surface area contributed by atoms with Crippen molar-refractivity contribution in [2.75, 3.05) is 13.6 Å². The van der Waals surface area contributed by atoms with Crippen molar-refractivity contribution in [3.05, 3.63) is 30.4 Å².